The smallest absolute Gasteiger partial charge is 0.366 e. The van der Waals surface area contributed by atoms with Crippen molar-refractivity contribution in [2.24, 2.45) is 0 Å². The summed E-state index contributed by atoms with van der Waals surface area (Å²) in [5, 5.41) is 8.76. The number of carboxylic acids is 1. The van der Waals surface area contributed by atoms with Crippen LogP contribution in [0.4, 0.5) is 0 Å². The Morgan fingerprint density at radius 1 is 1.21 bits per heavy atom. The summed E-state index contributed by atoms with van der Waals surface area (Å²) in [7, 11) is 0. The Kier molecular flexibility index (Phi) is 3.76. The maximum Gasteiger partial charge on any atom is 0.366 e. The van der Waals surface area contributed by atoms with E-state index in [1.54, 1.807) is 0 Å². The van der Waals surface area contributed by atoms with Crippen LogP contribution >= 0.6 is 11.6 Å². The van der Waals surface area contributed by atoms with Crippen molar-refractivity contribution in [3.8, 4) is 5.75 Å². The van der Waals surface area contributed by atoms with E-state index in [-0.39, 0.29) is 5.75 Å². The highest BCUT2D eigenvalue weighted by Crippen LogP contribution is 2.28. The van der Waals surface area contributed by atoms with Gasteiger partial charge in [-0.15, -0.1) is 0 Å². The first-order chi connectivity index (χ1) is 9.08. The number of hydrogen-bond donors (Lipinski definition) is 1. The van der Waals surface area contributed by atoms with Gasteiger partial charge in [-0.2, -0.15) is 0 Å². The van der Waals surface area contributed by atoms with Gasteiger partial charge in [0.25, 0.3) is 0 Å². The molecule has 0 aliphatic carbocycles. The molecule has 0 radical (unpaired) electrons. The maximum atomic E-state index is 11.0. The van der Waals surface area contributed by atoms with E-state index < -0.39 is 18.4 Å². The Bertz CT molecular complexity index is 646. The topological polar surface area (TPSA) is 98.6 Å². The van der Waals surface area contributed by atoms with Gasteiger partial charge in [0.15, 0.2) is 0 Å². The van der Waals surface area contributed by atoms with Crippen molar-refractivity contribution in [1.82, 2.24) is 9.97 Å². The molecule has 0 fully saturated rings. The third-order valence-electron chi connectivity index (χ3n) is 2.06. The van der Waals surface area contributed by atoms with Gasteiger partial charge < -0.3 is 5.11 Å². The molecule has 19 heavy (non-hydrogen) atoms. The van der Waals surface area contributed by atoms with Crippen LogP contribution < -0.4 is 4.89 Å². The van der Waals surface area contributed by atoms with Crippen LogP contribution in [0.3, 0.4) is 0 Å². The number of rotatable bonds is 4. The number of carbonyl (C=O) groups excluding carboxylic acids is 1. The predicted octanol–water partition coefficient (Wildman–Crippen LogP) is 1.59. The van der Waals surface area contributed by atoms with Crippen LogP contribution in [-0.4, -0.2) is 27.0 Å². The lowest BCUT2D eigenvalue weighted by Crippen LogP contribution is -2.12. The normalized spacial score (nSPS) is 10.2. The van der Waals surface area contributed by atoms with Crippen molar-refractivity contribution < 1.29 is 24.5 Å². The molecule has 7 nitrogen and oxygen atoms in total. The lowest BCUT2D eigenvalue weighted by Gasteiger charge is -2.06. The van der Waals surface area contributed by atoms with Crippen molar-refractivity contribution in [2.75, 3.05) is 0 Å². The second-order valence-corrected chi connectivity index (χ2v) is 3.82. The first kappa shape index (κ1) is 13.0. The zero-order chi connectivity index (χ0) is 13.8. The standard InChI is InChI=1S/C11H7ClN2O5/c12-6-1-2-7(11-10(6)13-3-4-14-11)18-19-9(17)5-8(15)16/h1-4H,5H2,(H,15,16). The van der Waals surface area contributed by atoms with E-state index in [2.05, 4.69) is 14.9 Å². The summed E-state index contributed by atoms with van der Waals surface area (Å²) in [5.41, 5.74) is 0.689. The van der Waals surface area contributed by atoms with Crippen molar-refractivity contribution in [2.45, 2.75) is 6.42 Å². The first-order valence-corrected chi connectivity index (χ1v) is 5.44. The molecular formula is C11H7ClN2O5. The summed E-state index contributed by atoms with van der Waals surface area (Å²) in [6, 6.07) is 2.94. The van der Waals surface area contributed by atoms with Gasteiger partial charge in [-0.25, -0.2) is 14.7 Å². The van der Waals surface area contributed by atoms with E-state index in [0.29, 0.717) is 16.1 Å². The molecule has 1 heterocycles. The van der Waals surface area contributed by atoms with Gasteiger partial charge in [0.2, 0.25) is 5.75 Å². The number of nitrogens with zero attached hydrogens (tertiary/aromatic N) is 2. The van der Waals surface area contributed by atoms with Gasteiger partial charge in [0.05, 0.1) is 5.02 Å². The Morgan fingerprint density at radius 2 is 1.89 bits per heavy atom. The van der Waals surface area contributed by atoms with E-state index >= 15 is 0 Å². The van der Waals surface area contributed by atoms with Crippen LogP contribution in [0.2, 0.25) is 5.02 Å². The molecule has 98 valence electrons. The Morgan fingerprint density at radius 3 is 2.58 bits per heavy atom. The number of benzene rings is 1. The number of fused-ring (bicyclic) bond motifs is 1. The fraction of sp³-hybridized carbons (Fsp3) is 0.0909. The molecule has 0 atom stereocenters. The lowest BCUT2D eigenvalue weighted by molar-refractivity contribution is -0.213. The molecule has 0 bridgehead atoms. The molecule has 1 aromatic heterocycles. The molecule has 1 N–H and O–H groups in total. The van der Waals surface area contributed by atoms with Crippen LogP contribution in [0, 0.1) is 0 Å². The lowest BCUT2D eigenvalue weighted by atomic mass is 10.3. The second kappa shape index (κ2) is 5.49. The molecule has 2 aromatic rings. The van der Waals surface area contributed by atoms with Crippen LogP contribution in [0.25, 0.3) is 11.0 Å². The van der Waals surface area contributed by atoms with Gasteiger partial charge in [0, 0.05) is 12.4 Å². The molecular weight excluding hydrogens is 276 g/mol. The SMILES string of the molecule is O=C(O)CC(=O)OOc1ccc(Cl)c2nccnc12. The molecule has 2 rings (SSSR count). The molecule has 1 aromatic carbocycles. The van der Waals surface area contributed by atoms with E-state index in [4.69, 9.17) is 21.6 Å². The third-order valence-corrected chi connectivity index (χ3v) is 2.36. The maximum absolute atomic E-state index is 11.0. The Balaban J connectivity index is 2.20. The molecule has 0 aliphatic rings. The minimum Gasteiger partial charge on any atom is -0.481 e. The summed E-state index contributed by atoms with van der Waals surface area (Å²) < 4.78 is 0. The fourth-order valence-electron chi connectivity index (χ4n) is 1.31. The van der Waals surface area contributed by atoms with Crippen molar-refractivity contribution >= 4 is 34.6 Å². The van der Waals surface area contributed by atoms with Crippen LogP contribution in [-0.2, 0) is 14.5 Å². The monoisotopic (exact) mass is 282 g/mol. The highest BCUT2D eigenvalue weighted by atomic mass is 35.5. The quantitative estimate of drug-likeness (QED) is 0.516. The molecule has 0 saturated carbocycles. The third kappa shape index (κ3) is 3.08. The van der Waals surface area contributed by atoms with Gasteiger partial charge in [-0.05, 0) is 12.1 Å². The molecule has 8 heteroatoms. The summed E-state index contributed by atoms with van der Waals surface area (Å²) >= 11 is 5.92. The molecule has 0 saturated heterocycles. The number of carboxylic acid groups (broad SMARTS) is 1. The van der Waals surface area contributed by atoms with E-state index in [1.807, 2.05) is 0 Å². The average Bonchev–Trinajstić information content (AvgIpc) is 2.37. The first-order valence-electron chi connectivity index (χ1n) is 5.06. The summed E-state index contributed by atoms with van der Waals surface area (Å²) in [6.07, 6.45) is 2.08. The van der Waals surface area contributed by atoms with Crippen molar-refractivity contribution in [3.05, 3.63) is 29.5 Å². The Hall–Kier alpha value is -2.41. The summed E-state index contributed by atoms with van der Waals surface area (Å²) in [5.74, 6) is -2.22. The molecule has 0 amide bonds. The predicted molar refractivity (Wildman–Crippen MR) is 63.5 cm³/mol. The largest absolute Gasteiger partial charge is 0.481 e. The van der Waals surface area contributed by atoms with E-state index in [0.717, 1.165) is 0 Å². The molecule has 0 aliphatic heterocycles. The van der Waals surface area contributed by atoms with Crippen LogP contribution in [0.15, 0.2) is 24.5 Å². The number of carbonyl (C=O) groups is 2. The van der Waals surface area contributed by atoms with Crippen molar-refractivity contribution in [1.29, 1.82) is 0 Å². The summed E-state index contributed by atoms with van der Waals surface area (Å²) in [4.78, 5) is 38.4. The molecule has 0 spiro atoms. The average molecular weight is 283 g/mol. The van der Waals surface area contributed by atoms with Gasteiger partial charge in [-0.3, -0.25) is 14.7 Å². The van der Waals surface area contributed by atoms with Gasteiger partial charge in [0.1, 0.15) is 17.5 Å². The number of aliphatic carboxylic acids is 1. The number of hydrogen-bond acceptors (Lipinski definition) is 6. The highest BCUT2D eigenvalue weighted by Gasteiger charge is 2.14. The molecule has 0 unspecified atom stereocenters. The van der Waals surface area contributed by atoms with Crippen molar-refractivity contribution in [3.63, 3.8) is 0 Å². The van der Waals surface area contributed by atoms with Crippen LogP contribution in [0.5, 0.6) is 5.75 Å². The zero-order valence-corrected chi connectivity index (χ0v) is 10.1. The second-order valence-electron chi connectivity index (χ2n) is 3.41. The van der Waals surface area contributed by atoms with E-state index in [1.165, 1.54) is 24.5 Å². The Labute approximate surface area is 111 Å². The summed E-state index contributed by atoms with van der Waals surface area (Å²) in [6.45, 7) is 0. The van der Waals surface area contributed by atoms with Gasteiger partial charge >= 0.3 is 11.9 Å². The minimum atomic E-state index is -1.31. The highest BCUT2D eigenvalue weighted by molar-refractivity contribution is 6.35. The zero-order valence-electron chi connectivity index (χ0n) is 9.37. The fourth-order valence-corrected chi connectivity index (χ4v) is 1.51. The van der Waals surface area contributed by atoms with E-state index in [9.17, 15) is 9.59 Å². The minimum absolute atomic E-state index is 0.117. The number of halogens is 1. The van der Waals surface area contributed by atoms with Gasteiger partial charge in [-0.1, -0.05) is 11.6 Å². The van der Waals surface area contributed by atoms with Crippen LogP contribution in [0.1, 0.15) is 6.42 Å². The number of aromatic nitrogens is 2.